The number of nitrogens with two attached hydrogens (primary N) is 1. The normalized spacial score (nSPS) is 14.0. The van der Waals surface area contributed by atoms with Crippen molar-refractivity contribution in [3.05, 3.63) is 35.0 Å². The smallest absolute Gasteiger partial charge is 0.142 e. The Morgan fingerprint density at radius 2 is 1.84 bits per heavy atom. The number of nitrogen functional groups attached to an aromatic ring is 1. The number of rotatable bonds is 3. The molecule has 2 N–H and O–H groups in total. The lowest BCUT2D eigenvalue weighted by atomic mass is 9.87. The van der Waals surface area contributed by atoms with E-state index in [2.05, 4.69) is 11.1 Å². The molecule has 1 aliphatic carbocycles. The van der Waals surface area contributed by atoms with Gasteiger partial charge in [0.2, 0.25) is 0 Å². The zero-order valence-electron chi connectivity index (χ0n) is 14.8. The Balaban J connectivity index is 2.29. The molecule has 0 fully saturated rings. The average Bonchev–Trinajstić information content (AvgIpc) is 2.62. The fourth-order valence-corrected chi connectivity index (χ4v) is 3.53. The number of hydrogen-bond acceptors (Lipinski definition) is 5. The second-order valence-corrected chi connectivity index (χ2v) is 6.26. The molecule has 130 valence electrons. The summed E-state index contributed by atoms with van der Waals surface area (Å²) in [5, 5.41) is 9.72. The van der Waals surface area contributed by atoms with Gasteiger partial charge in [0.25, 0.3) is 0 Å². The number of methoxy groups -OCH3 is 2. The van der Waals surface area contributed by atoms with E-state index in [0.29, 0.717) is 22.9 Å². The van der Waals surface area contributed by atoms with Crippen LogP contribution in [-0.4, -0.2) is 19.2 Å². The molecule has 0 saturated heterocycles. The molecule has 0 radical (unpaired) electrons. The van der Waals surface area contributed by atoms with Crippen LogP contribution in [0.1, 0.15) is 42.5 Å². The minimum absolute atomic E-state index is 0.301. The number of fused-ring (bicyclic) bond motifs is 1. The van der Waals surface area contributed by atoms with Crippen LogP contribution in [0.25, 0.3) is 11.1 Å². The number of benzene rings is 1. The fourth-order valence-electron chi connectivity index (χ4n) is 3.53. The first kappa shape index (κ1) is 17.1. The van der Waals surface area contributed by atoms with E-state index < -0.39 is 0 Å². The van der Waals surface area contributed by atoms with Crippen molar-refractivity contribution in [1.29, 1.82) is 5.26 Å². The molecule has 0 amide bonds. The highest BCUT2D eigenvalue weighted by Crippen LogP contribution is 2.40. The second kappa shape index (κ2) is 7.43. The average molecular weight is 337 g/mol. The molecular weight excluding hydrogens is 314 g/mol. The summed E-state index contributed by atoms with van der Waals surface area (Å²) >= 11 is 0. The van der Waals surface area contributed by atoms with Gasteiger partial charge in [-0.15, -0.1) is 0 Å². The molecular formula is C20H23N3O2. The highest BCUT2D eigenvalue weighted by atomic mass is 16.5. The van der Waals surface area contributed by atoms with Crippen LogP contribution in [-0.2, 0) is 12.8 Å². The van der Waals surface area contributed by atoms with E-state index in [-0.39, 0.29) is 0 Å². The first-order chi connectivity index (χ1) is 12.2. The maximum Gasteiger partial charge on any atom is 0.142 e. The molecule has 1 aromatic carbocycles. The minimum atomic E-state index is 0.301. The van der Waals surface area contributed by atoms with Gasteiger partial charge in [0.15, 0.2) is 0 Å². The number of ether oxygens (including phenoxy) is 2. The molecule has 1 heterocycles. The van der Waals surface area contributed by atoms with E-state index in [4.69, 9.17) is 15.2 Å². The molecule has 3 rings (SSSR count). The van der Waals surface area contributed by atoms with Crippen molar-refractivity contribution < 1.29 is 9.47 Å². The van der Waals surface area contributed by atoms with E-state index in [1.807, 2.05) is 18.2 Å². The van der Waals surface area contributed by atoms with Crippen LogP contribution in [0.4, 0.5) is 5.82 Å². The van der Waals surface area contributed by atoms with Crippen molar-refractivity contribution in [2.45, 2.75) is 38.5 Å². The van der Waals surface area contributed by atoms with E-state index in [9.17, 15) is 5.26 Å². The standard InChI is InChI=1S/C20H23N3O2/c1-24-13-9-10-15(18(11-13)25-2)19-14-7-5-3-4-6-8-17(14)23-20(22)16(19)12-21/h9-11H,3-8H2,1-2H3,(H2,22,23). The highest BCUT2D eigenvalue weighted by molar-refractivity contribution is 5.83. The number of nitrogens with zero attached hydrogens (tertiary/aromatic N) is 2. The first-order valence-electron chi connectivity index (χ1n) is 8.63. The van der Waals surface area contributed by atoms with Gasteiger partial charge in [0.05, 0.1) is 14.2 Å². The maximum atomic E-state index is 9.72. The summed E-state index contributed by atoms with van der Waals surface area (Å²) in [7, 11) is 3.24. The van der Waals surface area contributed by atoms with Crippen LogP contribution in [0.2, 0.25) is 0 Å². The van der Waals surface area contributed by atoms with E-state index in [0.717, 1.165) is 48.1 Å². The molecule has 1 aromatic heterocycles. The first-order valence-corrected chi connectivity index (χ1v) is 8.63. The van der Waals surface area contributed by atoms with E-state index in [1.54, 1.807) is 14.2 Å². The predicted octanol–water partition coefficient (Wildman–Crippen LogP) is 3.88. The van der Waals surface area contributed by atoms with E-state index in [1.165, 1.54) is 12.8 Å². The summed E-state index contributed by atoms with van der Waals surface area (Å²) in [6, 6.07) is 7.91. The lowest BCUT2D eigenvalue weighted by Crippen LogP contribution is -2.10. The number of aromatic nitrogens is 1. The molecule has 5 heteroatoms. The molecule has 1 aliphatic rings. The number of pyridine rings is 1. The Morgan fingerprint density at radius 1 is 1.08 bits per heavy atom. The molecule has 5 nitrogen and oxygen atoms in total. The summed E-state index contributed by atoms with van der Waals surface area (Å²) in [6.07, 6.45) is 6.41. The predicted molar refractivity (Wildman–Crippen MR) is 97.8 cm³/mol. The Bertz CT molecular complexity index is 825. The van der Waals surface area contributed by atoms with Gasteiger partial charge in [-0.25, -0.2) is 4.98 Å². The summed E-state index contributed by atoms with van der Waals surface area (Å²) < 4.78 is 10.9. The molecule has 25 heavy (non-hydrogen) atoms. The molecule has 0 saturated carbocycles. The van der Waals surface area contributed by atoms with Crippen LogP contribution < -0.4 is 15.2 Å². The Hall–Kier alpha value is -2.74. The van der Waals surface area contributed by atoms with Crippen LogP contribution in [0, 0.1) is 11.3 Å². The minimum Gasteiger partial charge on any atom is -0.497 e. The topological polar surface area (TPSA) is 81.2 Å². The van der Waals surface area contributed by atoms with Crippen LogP contribution in [0.5, 0.6) is 11.5 Å². The maximum absolute atomic E-state index is 9.72. The van der Waals surface area contributed by atoms with Gasteiger partial charge in [-0.1, -0.05) is 12.8 Å². The van der Waals surface area contributed by atoms with Crippen molar-refractivity contribution >= 4 is 5.82 Å². The Morgan fingerprint density at radius 3 is 2.52 bits per heavy atom. The monoisotopic (exact) mass is 337 g/mol. The van der Waals surface area contributed by atoms with Gasteiger partial charge in [-0.05, 0) is 43.4 Å². The van der Waals surface area contributed by atoms with Crippen LogP contribution in [0.3, 0.4) is 0 Å². The zero-order valence-corrected chi connectivity index (χ0v) is 14.8. The van der Waals surface area contributed by atoms with Gasteiger partial charge in [-0.2, -0.15) is 5.26 Å². The number of aryl methyl sites for hydroxylation is 1. The summed E-state index contributed by atoms with van der Waals surface area (Å²) in [5.74, 6) is 1.68. The number of hydrogen-bond donors (Lipinski definition) is 1. The number of nitriles is 1. The van der Waals surface area contributed by atoms with Crippen molar-refractivity contribution in [3.63, 3.8) is 0 Å². The summed E-state index contributed by atoms with van der Waals surface area (Å²) in [5.41, 5.74) is 10.4. The van der Waals surface area contributed by atoms with Crippen molar-refractivity contribution in [3.8, 4) is 28.7 Å². The molecule has 0 aliphatic heterocycles. The number of anilines is 1. The quantitative estimate of drug-likeness (QED) is 0.919. The molecule has 0 atom stereocenters. The van der Waals surface area contributed by atoms with E-state index >= 15 is 0 Å². The van der Waals surface area contributed by atoms with Crippen molar-refractivity contribution in [2.75, 3.05) is 20.0 Å². The van der Waals surface area contributed by atoms with Crippen molar-refractivity contribution in [2.24, 2.45) is 0 Å². The molecule has 0 unspecified atom stereocenters. The van der Waals surface area contributed by atoms with Crippen molar-refractivity contribution in [1.82, 2.24) is 4.98 Å². The van der Waals surface area contributed by atoms with Crippen LogP contribution in [0.15, 0.2) is 18.2 Å². The van der Waals surface area contributed by atoms with Gasteiger partial charge >= 0.3 is 0 Å². The summed E-state index contributed by atoms with van der Waals surface area (Å²) in [6.45, 7) is 0. The van der Waals surface area contributed by atoms with Gasteiger partial charge < -0.3 is 15.2 Å². The highest BCUT2D eigenvalue weighted by Gasteiger charge is 2.23. The Kier molecular flexibility index (Phi) is 5.08. The molecule has 0 spiro atoms. The third-order valence-corrected chi connectivity index (χ3v) is 4.79. The zero-order chi connectivity index (χ0) is 17.8. The Labute approximate surface area is 148 Å². The van der Waals surface area contributed by atoms with Gasteiger partial charge in [-0.3, -0.25) is 0 Å². The fraction of sp³-hybridized carbons (Fsp3) is 0.400. The SMILES string of the molecule is COc1ccc(-c2c(C#N)c(N)nc3c2CCCCCC3)c(OC)c1. The lowest BCUT2D eigenvalue weighted by Gasteiger charge is -2.21. The largest absolute Gasteiger partial charge is 0.497 e. The van der Waals surface area contributed by atoms with Gasteiger partial charge in [0.1, 0.15) is 28.9 Å². The van der Waals surface area contributed by atoms with Crippen LogP contribution >= 0.6 is 0 Å². The molecule has 0 bridgehead atoms. The lowest BCUT2D eigenvalue weighted by molar-refractivity contribution is 0.395. The third kappa shape index (κ3) is 3.25. The summed E-state index contributed by atoms with van der Waals surface area (Å²) in [4.78, 5) is 4.55. The molecule has 2 aromatic rings. The third-order valence-electron chi connectivity index (χ3n) is 4.79. The van der Waals surface area contributed by atoms with Gasteiger partial charge in [0, 0.05) is 22.9 Å². The second-order valence-electron chi connectivity index (χ2n) is 6.26.